The SMILES string of the molecule is CC(C)N1CCCC[C@@H]1c1cccnc1N. The van der Waals surface area contributed by atoms with Gasteiger partial charge in [0.25, 0.3) is 0 Å². The molecular weight excluding hydrogens is 198 g/mol. The average Bonchev–Trinajstić information content (AvgIpc) is 2.29. The van der Waals surface area contributed by atoms with Crippen LogP contribution in [-0.4, -0.2) is 22.5 Å². The van der Waals surface area contributed by atoms with Crippen molar-refractivity contribution in [3.8, 4) is 0 Å². The number of pyridine rings is 1. The fourth-order valence-corrected chi connectivity index (χ4v) is 2.62. The zero-order chi connectivity index (χ0) is 11.5. The summed E-state index contributed by atoms with van der Waals surface area (Å²) in [4.78, 5) is 6.74. The zero-order valence-corrected chi connectivity index (χ0v) is 10.2. The van der Waals surface area contributed by atoms with E-state index in [1.54, 1.807) is 6.20 Å². The smallest absolute Gasteiger partial charge is 0.128 e. The molecule has 1 aliphatic heterocycles. The number of piperidine rings is 1. The van der Waals surface area contributed by atoms with Crippen molar-refractivity contribution in [3.05, 3.63) is 23.9 Å². The Hall–Kier alpha value is -1.09. The highest BCUT2D eigenvalue weighted by Crippen LogP contribution is 2.34. The molecule has 2 heterocycles. The van der Waals surface area contributed by atoms with Crippen LogP contribution in [0.15, 0.2) is 18.3 Å². The lowest BCUT2D eigenvalue weighted by molar-refractivity contribution is 0.112. The molecule has 3 heteroatoms. The molecule has 0 aromatic carbocycles. The van der Waals surface area contributed by atoms with Crippen LogP contribution < -0.4 is 5.73 Å². The Morgan fingerprint density at radius 2 is 2.25 bits per heavy atom. The van der Waals surface area contributed by atoms with Crippen molar-refractivity contribution < 1.29 is 0 Å². The first-order valence-electron chi connectivity index (χ1n) is 6.16. The lowest BCUT2D eigenvalue weighted by atomic mass is 9.94. The largest absolute Gasteiger partial charge is 0.383 e. The quantitative estimate of drug-likeness (QED) is 0.831. The first kappa shape index (κ1) is 11.4. The highest BCUT2D eigenvalue weighted by atomic mass is 15.2. The second-order valence-corrected chi connectivity index (χ2v) is 4.82. The van der Waals surface area contributed by atoms with Crippen molar-refractivity contribution in [2.75, 3.05) is 12.3 Å². The fourth-order valence-electron chi connectivity index (χ4n) is 2.62. The minimum Gasteiger partial charge on any atom is -0.383 e. The topological polar surface area (TPSA) is 42.2 Å². The van der Waals surface area contributed by atoms with E-state index in [1.165, 1.54) is 31.4 Å². The van der Waals surface area contributed by atoms with Crippen LogP contribution in [0, 0.1) is 0 Å². The van der Waals surface area contributed by atoms with Crippen LogP contribution in [0.3, 0.4) is 0 Å². The third-order valence-electron chi connectivity index (χ3n) is 3.44. The van der Waals surface area contributed by atoms with Gasteiger partial charge in [-0.3, -0.25) is 4.90 Å². The van der Waals surface area contributed by atoms with E-state index in [0.29, 0.717) is 17.9 Å². The van der Waals surface area contributed by atoms with Gasteiger partial charge in [-0.15, -0.1) is 0 Å². The molecule has 1 aliphatic rings. The number of aromatic nitrogens is 1. The first-order valence-corrected chi connectivity index (χ1v) is 6.16. The van der Waals surface area contributed by atoms with Gasteiger partial charge in [-0.1, -0.05) is 12.5 Å². The average molecular weight is 219 g/mol. The molecule has 0 spiro atoms. The monoisotopic (exact) mass is 219 g/mol. The summed E-state index contributed by atoms with van der Waals surface area (Å²) in [5.41, 5.74) is 7.18. The van der Waals surface area contributed by atoms with Gasteiger partial charge in [-0.25, -0.2) is 4.98 Å². The zero-order valence-electron chi connectivity index (χ0n) is 10.2. The van der Waals surface area contributed by atoms with Crippen molar-refractivity contribution in [2.45, 2.75) is 45.2 Å². The Morgan fingerprint density at radius 1 is 1.44 bits per heavy atom. The predicted octanol–water partition coefficient (Wildman–Crippen LogP) is 2.60. The van der Waals surface area contributed by atoms with Gasteiger partial charge in [0.15, 0.2) is 0 Å². The van der Waals surface area contributed by atoms with E-state index in [4.69, 9.17) is 5.73 Å². The van der Waals surface area contributed by atoms with E-state index >= 15 is 0 Å². The normalized spacial score (nSPS) is 22.6. The summed E-state index contributed by atoms with van der Waals surface area (Å²) in [5.74, 6) is 0.694. The fraction of sp³-hybridized carbons (Fsp3) is 0.615. The van der Waals surface area contributed by atoms with Gasteiger partial charge in [0.1, 0.15) is 5.82 Å². The predicted molar refractivity (Wildman–Crippen MR) is 67.1 cm³/mol. The minimum absolute atomic E-state index is 0.461. The van der Waals surface area contributed by atoms with Crippen LogP contribution in [0.1, 0.15) is 44.7 Å². The van der Waals surface area contributed by atoms with Gasteiger partial charge in [0.05, 0.1) is 0 Å². The number of hydrogen-bond acceptors (Lipinski definition) is 3. The molecule has 0 bridgehead atoms. The molecule has 16 heavy (non-hydrogen) atoms. The first-order chi connectivity index (χ1) is 7.70. The summed E-state index contributed by atoms with van der Waals surface area (Å²) in [5, 5.41) is 0. The van der Waals surface area contributed by atoms with E-state index in [2.05, 4.69) is 29.8 Å². The minimum atomic E-state index is 0.461. The molecule has 1 atom stereocenters. The second-order valence-electron chi connectivity index (χ2n) is 4.82. The standard InChI is InChI=1S/C13H21N3/c1-10(2)16-9-4-3-7-12(16)11-6-5-8-15-13(11)14/h5-6,8,10,12H,3-4,7,9H2,1-2H3,(H2,14,15)/t12-/m1/s1. The molecule has 0 saturated carbocycles. The molecule has 0 radical (unpaired) electrons. The van der Waals surface area contributed by atoms with Crippen LogP contribution in [-0.2, 0) is 0 Å². The summed E-state index contributed by atoms with van der Waals surface area (Å²) < 4.78 is 0. The van der Waals surface area contributed by atoms with Crippen LogP contribution in [0.5, 0.6) is 0 Å². The van der Waals surface area contributed by atoms with Gasteiger partial charge in [-0.2, -0.15) is 0 Å². The van der Waals surface area contributed by atoms with Gasteiger partial charge < -0.3 is 5.73 Å². The van der Waals surface area contributed by atoms with Crippen molar-refractivity contribution in [1.82, 2.24) is 9.88 Å². The maximum atomic E-state index is 5.98. The van der Waals surface area contributed by atoms with Crippen molar-refractivity contribution in [3.63, 3.8) is 0 Å². The highest BCUT2D eigenvalue weighted by molar-refractivity contribution is 5.41. The Morgan fingerprint density at radius 3 is 2.94 bits per heavy atom. The Kier molecular flexibility index (Phi) is 3.44. The van der Waals surface area contributed by atoms with Crippen molar-refractivity contribution in [2.24, 2.45) is 0 Å². The van der Waals surface area contributed by atoms with Gasteiger partial charge >= 0.3 is 0 Å². The molecule has 0 aliphatic carbocycles. The highest BCUT2D eigenvalue weighted by Gasteiger charge is 2.27. The number of nitrogens with two attached hydrogens (primary N) is 1. The van der Waals surface area contributed by atoms with Crippen LogP contribution in [0.4, 0.5) is 5.82 Å². The number of rotatable bonds is 2. The van der Waals surface area contributed by atoms with Crippen LogP contribution >= 0.6 is 0 Å². The lowest BCUT2D eigenvalue weighted by Gasteiger charge is -2.39. The summed E-state index contributed by atoms with van der Waals surface area (Å²) in [7, 11) is 0. The lowest BCUT2D eigenvalue weighted by Crippen LogP contribution is -2.38. The third-order valence-corrected chi connectivity index (χ3v) is 3.44. The summed E-state index contributed by atoms with van der Waals surface area (Å²) in [6.07, 6.45) is 5.56. The van der Waals surface area contributed by atoms with E-state index in [-0.39, 0.29) is 0 Å². The van der Waals surface area contributed by atoms with Gasteiger partial charge in [0.2, 0.25) is 0 Å². The number of nitrogens with zero attached hydrogens (tertiary/aromatic N) is 2. The number of likely N-dealkylation sites (tertiary alicyclic amines) is 1. The number of nitrogen functional groups attached to an aromatic ring is 1. The van der Waals surface area contributed by atoms with E-state index in [0.717, 1.165) is 0 Å². The maximum Gasteiger partial charge on any atom is 0.128 e. The maximum absolute atomic E-state index is 5.98. The molecule has 0 amide bonds. The Labute approximate surface area is 97.7 Å². The molecule has 88 valence electrons. The third kappa shape index (κ3) is 2.19. The van der Waals surface area contributed by atoms with Gasteiger partial charge in [0, 0.05) is 23.8 Å². The summed E-state index contributed by atoms with van der Waals surface area (Å²) in [6.45, 7) is 5.69. The number of anilines is 1. The van der Waals surface area contributed by atoms with Gasteiger partial charge in [-0.05, 0) is 39.3 Å². The van der Waals surface area contributed by atoms with Crippen LogP contribution in [0.25, 0.3) is 0 Å². The van der Waals surface area contributed by atoms with E-state index in [9.17, 15) is 0 Å². The second kappa shape index (κ2) is 4.83. The molecule has 1 fully saturated rings. The van der Waals surface area contributed by atoms with Crippen molar-refractivity contribution in [1.29, 1.82) is 0 Å². The molecule has 1 aromatic rings. The van der Waals surface area contributed by atoms with E-state index < -0.39 is 0 Å². The number of hydrogen-bond donors (Lipinski definition) is 1. The molecule has 2 N–H and O–H groups in total. The molecule has 0 unspecified atom stereocenters. The molecule has 1 saturated heterocycles. The Bertz CT molecular complexity index is 349. The molecule has 2 rings (SSSR count). The summed E-state index contributed by atoms with van der Waals surface area (Å²) in [6, 6.07) is 5.14. The van der Waals surface area contributed by atoms with Crippen LogP contribution in [0.2, 0.25) is 0 Å². The summed E-state index contributed by atoms with van der Waals surface area (Å²) >= 11 is 0. The van der Waals surface area contributed by atoms with E-state index in [1.807, 2.05) is 6.07 Å². The van der Waals surface area contributed by atoms with Crippen molar-refractivity contribution >= 4 is 5.82 Å². The Balaban J connectivity index is 2.27. The molecular formula is C13H21N3. The molecule has 1 aromatic heterocycles. The molecule has 3 nitrogen and oxygen atoms in total.